The predicted molar refractivity (Wildman–Crippen MR) is 75.1 cm³/mol. The molecule has 0 amide bonds. The summed E-state index contributed by atoms with van der Waals surface area (Å²) in [7, 11) is 1.63. The van der Waals surface area contributed by atoms with Crippen LogP contribution in [0.5, 0.6) is 5.75 Å². The van der Waals surface area contributed by atoms with Crippen molar-refractivity contribution in [3.05, 3.63) is 30.2 Å². The zero-order valence-electron chi connectivity index (χ0n) is 11.0. The van der Waals surface area contributed by atoms with Crippen LogP contribution in [0.2, 0.25) is 0 Å². The molecule has 1 aromatic carbocycles. The van der Waals surface area contributed by atoms with Gasteiger partial charge >= 0.3 is 0 Å². The summed E-state index contributed by atoms with van der Waals surface area (Å²) in [5, 5.41) is 7.21. The summed E-state index contributed by atoms with van der Waals surface area (Å²) in [4.78, 5) is 4.38. The minimum Gasteiger partial charge on any atom is -0.497 e. The van der Waals surface area contributed by atoms with E-state index in [4.69, 9.17) is 14.0 Å². The van der Waals surface area contributed by atoms with Crippen molar-refractivity contribution in [1.82, 2.24) is 15.5 Å². The number of nitrogens with one attached hydrogen (secondary N) is 1. The summed E-state index contributed by atoms with van der Waals surface area (Å²) in [5.74, 6) is 1.87. The summed E-state index contributed by atoms with van der Waals surface area (Å²) in [5.41, 5.74) is 0.888. The van der Waals surface area contributed by atoms with E-state index in [1.165, 1.54) is 0 Å². The van der Waals surface area contributed by atoms with Crippen LogP contribution >= 0.6 is 12.4 Å². The first-order valence-electron chi connectivity index (χ1n) is 6.17. The standard InChI is InChI=1S/C13H15N3O3.ClH/c1-17-10-4-2-9(3-5-10)12-15-13(19-16-12)11-8-14-6-7-18-11;/h2-5,11,14H,6-8H2,1H3;1H. The minimum atomic E-state index is -0.159. The topological polar surface area (TPSA) is 69.4 Å². The molecule has 108 valence electrons. The summed E-state index contributed by atoms with van der Waals surface area (Å²) in [6.45, 7) is 2.21. The maximum absolute atomic E-state index is 5.57. The quantitative estimate of drug-likeness (QED) is 0.932. The number of ether oxygens (including phenoxy) is 2. The Hall–Kier alpha value is -1.63. The predicted octanol–water partition coefficient (Wildman–Crippen LogP) is 1.83. The van der Waals surface area contributed by atoms with Gasteiger partial charge in [0.05, 0.1) is 13.7 Å². The van der Waals surface area contributed by atoms with Crippen LogP contribution < -0.4 is 10.1 Å². The lowest BCUT2D eigenvalue weighted by molar-refractivity contribution is 0.00755. The Kier molecular flexibility index (Phi) is 4.94. The average Bonchev–Trinajstić information content (AvgIpc) is 2.98. The molecule has 0 spiro atoms. The summed E-state index contributed by atoms with van der Waals surface area (Å²) in [6.07, 6.45) is -0.159. The molecule has 1 N–H and O–H groups in total. The molecule has 20 heavy (non-hydrogen) atoms. The van der Waals surface area contributed by atoms with Gasteiger partial charge in [-0.1, -0.05) is 5.16 Å². The molecule has 1 saturated heterocycles. The molecule has 1 unspecified atom stereocenters. The molecule has 1 aromatic heterocycles. The van der Waals surface area contributed by atoms with Crippen LogP contribution in [0.25, 0.3) is 11.4 Å². The van der Waals surface area contributed by atoms with Gasteiger partial charge in [0.25, 0.3) is 5.89 Å². The Balaban J connectivity index is 0.00000147. The van der Waals surface area contributed by atoms with Crippen molar-refractivity contribution in [2.75, 3.05) is 26.8 Å². The number of hydrogen-bond donors (Lipinski definition) is 1. The van der Waals surface area contributed by atoms with Crippen molar-refractivity contribution in [3.8, 4) is 17.1 Å². The van der Waals surface area contributed by atoms with Crippen LogP contribution in [-0.4, -0.2) is 36.9 Å². The number of aromatic nitrogens is 2. The van der Waals surface area contributed by atoms with E-state index in [0.717, 1.165) is 17.9 Å². The van der Waals surface area contributed by atoms with Gasteiger partial charge < -0.3 is 19.3 Å². The Morgan fingerprint density at radius 2 is 2.10 bits per heavy atom. The van der Waals surface area contributed by atoms with Crippen LogP contribution in [0.15, 0.2) is 28.8 Å². The van der Waals surface area contributed by atoms with E-state index in [2.05, 4.69) is 15.5 Å². The Morgan fingerprint density at radius 3 is 2.75 bits per heavy atom. The summed E-state index contributed by atoms with van der Waals surface area (Å²) >= 11 is 0. The lowest BCUT2D eigenvalue weighted by Crippen LogP contribution is -2.33. The fourth-order valence-electron chi connectivity index (χ4n) is 1.95. The SMILES string of the molecule is COc1ccc(-c2noc(C3CNCCO3)n2)cc1.Cl. The maximum atomic E-state index is 5.57. The lowest BCUT2D eigenvalue weighted by atomic mass is 10.2. The van der Waals surface area contributed by atoms with Gasteiger partial charge in [0.15, 0.2) is 0 Å². The van der Waals surface area contributed by atoms with E-state index in [0.29, 0.717) is 24.9 Å². The monoisotopic (exact) mass is 297 g/mol. The fourth-order valence-corrected chi connectivity index (χ4v) is 1.95. The highest BCUT2D eigenvalue weighted by atomic mass is 35.5. The van der Waals surface area contributed by atoms with Crippen molar-refractivity contribution >= 4 is 12.4 Å². The molecule has 3 rings (SSSR count). The van der Waals surface area contributed by atoms with E-state index in [1.54, 1.807) is 7.11 Å². The third kappa shape index (κ3) is 3.09. The number of methoxy groups -OCH3 is 1. The fraction of sp³-hybridized carbons (Fsp3) is 0.385. The molecule has 0 radical (unpaired) electrons. The molecule has 6 nitrogen and oxygen atoms in total. The Morgan fingerprint density at radius 1 is 1.30 bits per heavy atom. The molecular weight excluding hydrogens is 282 g/mol. The van der Waals surface area contributed by atoms with Gasteiger partial charge in [0.2, 0.25) is 5.82 Å². The van der Waals surface area contributed by atoms with Gasteiger partial charge in [-0.3, -0.25) is 0 Å². The van der Waals surface area contributed by atoms with Gasteiger partial charge in [0.1, 0.15) is 11.9 Å². The Labute approximate surface area is 122 Å². The van der Waals surface area contributed by atoms with Crippen molar-refractivity contribution in [2.24, 2.45) is 0 Å². The first kappa shape index (κ1) is 14.8. The van der Waals surface area contributed by atoms with Gasteiger partial charge in [0, 0.05) is 18.7 Å². The van der Waals surface area contributed by atoms with Gasteiger partial charge in [-0.2, -0.15) is 4.98 Å². The minimum absolute atomic E-state index is 0. The highest BCUT2D eigenvalue weighted by molar-refractivity contribution is 5.85. The van der Waals surface area contributed by atoms with E-state index in [9.17, 15) is 0 Å². The van der Waals surface area contributed by atoms with Crippen LogP contribution in [0.1, 0.15) is 12.0 Å². The van der Waals surface area contributed by atoms with Gasteiger partial charge in [-0.25, -0.2) is 0 Å². The summed E-state index contributed by atoms with van der Waals surface area (Å²) in [6, 6.07) is 7.52. The van der Waals surface area contributed by atoms with Crippen LogP contribution in [0.3, 0.4) is 0 Å². The van der Waals surface area contributed by atoms with Crippen molar-refractivity contribution < 1.29 is 14.0 Å². The van der Waals surface area contributed by atoms with Crippen LogP contribution in [0.4, 0.5) is 0 Å². The molecule has 0 aliphatic carbocycles. The second-order valence-corrected chi connectivity index (χ2v) is 4.25. The molecule has 1 aliphatic rings. The second-order valence-electron chi connectivity index (χ2n) is 4.25. The lowest BCUT2D eigenvalue weighted by Gasteiger charge is -2.19. The third-order valence-electron chi connectivity index (χ3n) is 2.99. The zero-order valence-corrected chi connectivity index (χ0v) is 11.9. The van der Waals surface area contributed by atoms with Crippen molar-refractivity contribution in [1.29, 1.82) is 0 Å². The molecular formula is C13H16ClN3O3. The molecule has 1 atom stereocenters. The van der Waals surface area contributed by atoms with E-state index >= 15 is 0 Å². The number of halogens is 1. The van der Waals surface area contributed by atoms with E-state index in [1.807, 2.05) is 24.3 Å². The normalized spacial score (nSPS) is 18.4. The third-order valence-corrected chi connectivity index (χ3v) is 2.99. The molecule has 7 heteroatoms. The number of benzene rings is 1. The maximum Gasteiger partial charge on any atom is 0.257 e. The summed E-state index contributed by atoms with van der Waals surface area (Å²) < 4.78 is 15.9. The van der Waals surface area contributed by atoms with Crippen molar-refractivity contribution in [2.45, 2.75) is 6.10 Å². The van der Waals surface area contributed by atoms with E-state index in [-0.39, 0.29) is 18.5 Å². The first-order chi connectivity index (χ1) is 9.36. The zero-order chi connectivity index (χ0) is 13.1. The van der Waals surface area contributed by atoms with Crippen LogP contribution in [-0.2, 0) is 4.74 Å². The van der Waals surface area contributed by atoms with Gasteiger partial charge in [-0.05, 0) is 24.3 Å². The molecule has 0 saturated carbocycles. The molecule has 0 bridgehead atoms. The molecule has 2 heterocycles. The molecule has 2 aromatic rings. The van der Waals surface area contributed by atoms with E-state index < -0.39 is 0 Å². The number of morpholine rings is 1. The Bertz CT molecular complexity index is 538. The largest absolute Gasteiger partial charge is 0.497 e. The second kappa shape index (κ2) is 6.69. The van der Waals surface area contributed by atoms with Crippen molar-refractivity contribution in [3.63, 3.8) is 0 Å². The number of nitrogens with zero attached hydrogens (tertiary/aromatic N) is 2. The highest BCUT2D eigenvalue weighted by Crippen LogP contribution is 2.23. The number of hydrogen-bond acceptors (Lipinski definition) is 6. The number of rotatable bonds is 3. The molecule has 1 aliphatic heterocycles. The highest BCUT2D eigenvalue weighted by Gasteiger charge is 2.22. The smallest absolute Gasteiger partial charge is 0.257 e. The molecule has 1 fully saturated rings. The first-order valence-corrected chi connectivity index (χ1v) is 6.17. The van der Waals surface area contributed by atoms with Gasteiger partial charge in [-0.15, -0.1) is 12.4 Å². The average molecular weight is 298 g/mol. The van der Waals surface area contributed by atoms with Crippen LogP contribution in [0, 0.1) is 0 Å².